The Bertz CT molecular complexity index is 572. The monoisotopic (exact) mass is 204 g/mol. The molecule has 0 aliphatic heterocycles. The Hall–Kier alpha value is -0.860. The molecule has 0 unspecified atom stereocenters. The Kier molecular flexibility index (Phi) is 1.49. The van der Waals surface area contributed by atoms with Crippen molar-refractivity contribution in [2.45, 2.75) is 6.92 Å². The van der Waals surface area contributed by atoms with Gasteiger partial charge in [-0.2, -0.15) is 0 Å². The average Bonchev–Trinajstić information content (AvgIpc) is 2.60. The van der Waals surface area contributed by atoms with Crippen LogP contribution in [0.3, 0.4) is 0 Å². The molecule has 1 aromatic carbocycles. The highest BCUT2D eigenvalue weighted by molar-refractivity contribution is 7.32. The number of thiophene rings is 2. The third-order valence-corrected chi connectivity index (χ3v) is 4.50. The lowest BCUT2D eigenvalue weighted by atomic mass is 10.2. The van der Waals surface area contributed by atoms with Crippen molar-refractivity contribution in [3.8, 4) is 0 Å². The normalized spacial score (nSPS) is 11.5. The third-order valence-electron chi connectivity index (χ3n) is 2.17. The second-order valence-corrected chi connectivity index (χ2v) is 5.49. The summed E-state index contributed by atoms with van der Waals surface area (Å²) in [7, 11) is 0. The summed E-state index contributed by atoms with van der Waals surface area (Å²) in [5, 5.41) is 1.42. The van der Waals surface area contributed by atoms with Crippen LogP contribution in [-0.2, 0) is 0 Å². The van der Waals surface area contributed by atoms with E-state index in [0.29, 0.717) is 0 Å². The van der Waals surface area contributed by atoms with Crippen molar-refractivity contribution in [3.63, 3.8) is 0 Å². The molecule has 0 saturated heterocycles. The zero-order valence-corrected chi connectivity index (χ0v) is 8.84. The number of rotatable bonds is 0. The van der Waals surface area contributed by atoms with E-state index in [4.69, 9.17) is 0 Å². The maximum atomic E-state index is 2.28. The summed E-state index contributed by atoms with van der Waals surface area (Å²) in [6.07, 6.45) is 0. The fourth-order valence-electron chi connectivity index (χ4n) is 1.62. The van der Waals surface area contributed by atoms with Gasteiger partial charge in [-0.1, -0.05) is 18.2 Å². The van der Waals surface area contributed by atoms with Gasteiger partial charge in [0.25, 0.3) is 0 Å². The summed E-state index contributed by atoms with van der Waals surface area (Å²) >= 11 is 3.79. The van der Waals surface area contributed by atoms with E-state index in [-0.39, 0.29) is 0 Å². The van der Waals surface area contributed by atoms with E-state index >= 15 is 0 Å². The van der Waals surface area contributed by atoms with E-state index < -0.39 is 0 Å². The molecule has 0 atom stereocenters. The van der Waals surface area contributed by atoms with Crippen LogP contribution in [0.5, 0.6) is 0 Å². The zero-order valence-electron chi connectivity index (χ0n) is 7.20. The molecule has 3 aromatic rings. The first-order valence-electron chi connectivity index (χ1n) is 4.22. The first-order chi connectivity index (χ1) is 6.34. The molecule has 2 aromatic heterocycles. The van der Waals surface area contributed by atoms with Crippen LogP contribution < -0.4 is 0 Å². The van der Waals surface area contributed by atoms with Gasteiger partial charge in [-0.15, -0.1) is 22.7 Å². The summed E-state index contributed by atoms with van der Waals surface area (Å²) in [6, 6.07) is 10.9. The SMILES string of the molecule is Cc1cc2sc3ccccc3c2s1. The minimum absolute atomic E-state index is 1.41. The number of aryl methyl sites for hydroxylation is 1. The molecule has 0 bridgehead atoms. The maximum absolute atomic E-state index is 2.28. The van der Waals surface area contributed by atoms with Gasteiger partial charge >= 0.3 is 0 Å². The molecule has 0 aliphatic carbocycles. The highest BCUT2D eigenvalue weighted by Crippen LogP contribution is 2.38. The fourth-order valence-corrected chi connectivity index (χ4v) is 4.05. The van der Waals surface area contributed by atoms with Crippen molar-refractivity contribution >= 4 is 42.2 Å². The van der Waals surface area contributed by atoms with Gasteiger partial charge in [-0.3, -0.25) is 0 Å². The second kappa shape index (κ2) is 2.56. The highest BCUT2D eigenvalue weighted by atomic mass is 32.1. The molecule has 13 heavy (non-hydrogen) atoms. The molecule has 0 nitrogen and oxygen atoms in total. The van der Waals surface area contributed by atoms with Gasteiger partial charge in [0.15, 0.2) is 0 Å². The highest BCUT2D eigenvalue weighted by Gasteiger charge is 2.06. The fraction of sp³-hybridized carbons (Fsp3) is 0.0909. The molecule has 0 aliphatic rings. The predicted octanol–water partition coefficient (Wildman–Crippen LogP) is 4.42. The summed E-state index contributed by atoms with van der Waals surface area (Å²) in [5.74, 6) is 0. The van der Waals surface area contributed by atoms with Crippen molar-refractivity contribution in [2.24, 2.45) is 0 Å². The molecule has 0 radical (unpaired) electrons. The van der Waals surface area contributed by atoms with Crippen LogP contribution in [0, 0.1) is 6.92 Å². The largest absolute Gasteiger partial charge is 0.139 e. The van der Waals surface area contributed by atoms with E-state index in [9.17, 15) is 0 Å². The van der Waals surface area contributed by atoms with E-state index in [2.05, 4.69) is 37.3 Å². The lowest BCUT2D eigenvalue weighted by Crippen LogP contribution is -1.58. The van der Waals surface area contributed by atoms with Crippen molar-refractivity contribution < 1.29 is 0 Å². The summed E-state index contributed by atoms with van der Waals surface area (Å²) in [6.45, 7) is 2.17. The van der Waals surface area contributed by atoms with Crippen molar-refractivity contribution in [1.29, 1.82) is 0 Å². The topological polar surface area (TPSA) is 0 Å². The zero-order chi connectivity index (χ0) is 8.84. The Morgan fingerprint density at radius 3 is 2.77 bits per heavy atom. The molecule has 0 amide bonds. The molecule has 0 saturated carbocycles. The van der Waals surface area contributed by atoms with Gasteiger partial charge in [0.05, 0.1) is 4.70 Å². The molecular weight excluding hydrogens is 196 g/mol. The molecule has 3 rings (SSSR count). The van der Waals surface area contributed by atoms with Gasteiger partial charge in [0.1, 0.15) is 0 Å². The standard InChI is InChI=1S/C11H8S2/c1-7-6-10-11(12-7)8-4-2-3-5-9(8)13-10/h2-6H,1H3. The van der Waals surface area contributed by atoms with Gasteiger partial charge < -0.3 is 0 Å². The van der Waals surface area contributed by atoms with Crippen LogP contribution in [0.2, 0.25) is 0 Å². The van der Waals surface area contributed by atoms with E-state index in [1.807, 2.05) is 22.7 Å². The summed E-state index contributed by atoms with van der Waals surface area (Å²) in [4.78, 5) is 1.41. The Balaban J connectivity index is 2.60. The van der Waals surface area contributed by atoms with Crippen molar-refractivity contribution in [3.05, 3.63) is 35.2 Å². The third kappa shape index (κ3) is 1.02. The Morgan fingerprint density at radius 2 is 1.85 bits per heavy atom. The molecule has 64 valence electrons. The van der Waals surface area contributed by atoms with E-state index in [1.165, 1.54) is 24.4 Å². The van der Waals surface area contributed by atoms with Crippen LogP contribution in [-0.4, -0.2) is 0 Å². The van der Waals surface area contributed by atoms with Crippen molar-refractivity contribution in [2.75, 3.05) is 0 Å². The lowest BCUT2D eigenvalue weighted by Gasteiger charge is -1.85. The number of hydrogen-bond donors (Lipinski definition) is 0. The summed E-state index contributed by atoms with van der Waals surface area (Å²) in [5.41, 5.74) is 0. The average molecular weight is 204 g/mol. The van der Waals surface area contributed by atoms with Crippen LogP contribution in [0.1, 0.15) is 4.88 Å². The van der Waals surface area contributed by atoms with E-state index in [1.54, 1.807) is 0 Å². The minimum atomic E-state index is 1.41. The lowest BCUT2D eigenvalue weighted by molar-refractivity contribution is 1.66. The van der Waals surface area contributed by atoms with Crippen molar-refractivity contribution in [1.82, 2.24) is 0 Å². The maximum Gasteiger partial charge on any atom is 0.0532 e. The van der Waals surface area contributed by atoms with E-state index in [0.717, 1.165) is 0 Å². The number of benzene rings is 1. The summed E-state index contributed by atoms with van der Waals surface area (Å²) < 4.78 is 4.30. The Morgan fingerprint density at radius 1 is 1.00 bits per heavy atom. The van der Waals surface area contributed by atoms with Crippen LogP contribution >= 0.6 is 22.7 Å². The molecule has 0 spiro atoms. The van der Waals surface area contributed by atoms with Gasteiger partial charge in [0.2, 0.25) is 0 Å². The first-order valence-corrected chi connectivity index (χ1v) is 5.85. The molecule has 0 N–H and O–H groups in total. The van der Waals surface area contributed by atoms with Gasteiger partial charge in [0, 0.05) is 19.7 Å². The Labute approximate surface area is 84.4 Å². The van der Waals surface area contributed by atoms with Gasteiger partial charge in [-0.25, -0.2) is 0 Å². The molecule has 2 heteroatoms. The van der Waals surface area contributed by atoms with Gasteiger partial charge in [-0.05, 0) is 19.1 Å². The van der Waals surface area contributed by atoms with Crippen LogP contribution in [0.15, 0.2) is 30.3 Å². The quantitative estimate of drug-likeness (QED) is 0.508. The first kappa shape index (κ1) is 7.54. The predicted molar refractivity (Wildman–Crippen MR) is 61.9 cm³/mol. The van der Waals surface area contributed by atoms with Crippen LogP contribution in [0.25, 0.3) is 19.5 Å². The smallest absolute Gasteiger partial charge is 0.0532 e. The number of hydrogen-bond acceptors (Lipinski definition) is 2. The van der Waals surface area contributed by atoms with Crippen LogP contribution in [0.4, 0.5) is 0 Å². The minimum Gasteiger partial charge on any atom is -0.139 e. The second-order valence-electron chi connectivity index (χ2n) is 3.15. The number of fused-ring (bicyclic) bond motifs is 3. The molecular formula is C11H8S2. The molecule has 2 heterocycles. The molecule has 0 fully saturated rings.